The number of unbranched alkanes of at least 4 members (excludes halogenated alkanes) is 3. The Morgan fingerprint density at radius 3 is 2.62 bits per heavy atom. The number of nitrogens with one attached hydrogen (secondary N) is 1. The largest absolute Gasteiger partial charge is 0.397 e. The predicted octanol–water partition coefficient (Wildman–Crippen LogP) is 2.39. The van der Waals surface area contributed by atoms with Crippen molar-refractivity contribution in [2.24, 2.45) is 0 Å². The van der Waals surface area contributed by atoms with Gasteiger partial charge in [-0.2, -0.15) is 0 Å². The van der Waals surface area contributed by atoms with Gasteiger partial charge in [0.05, 0.1) is 25.1 Å². The van der Waals surface area contributed by atoms with Crippen molar-refractivity contribution < 1.29 is 4.74 Å². The molecule has 0 aromatic carbocycles. The highest BCUT2D eigenvalue weighted by Crippen LogP contribution is 2.07. The van der Waals surface area contributed by atoms with E-state index < -0.39 is 0 Å². The van der Waals surface area contributed by atoms with Crippen molar-refractivity contribution in [2.45, 2.75) is 25.7 Å². The number of nitrogens with zero attached hydrogens (tertiary/aromatic N) is 2. The first-order valence-corrected chi connectivity index (χ1v) is 7.60. The number of ether oxygens (including phenoxy) is 1. The molecule has 0 amide bonds. The molecule has 1 aromatic rings. The van der Waals surface area contributed by atoms with Gasteiger partial charge in [0.2, 0.25) is 0 Å². The lowest BCUT2D eigenvalue weighted by molar-refractivity contribution is 0.0371. The monoisotopic (exact) mass is 314 g/mol. The summed E-state index contributed by atoms with van der Waals surface area (Å²) in [6, 6.07) is 3.80. The maximum Gasteiger partial charge on any atom is 0.126 e. The molecule has 1 fully saturated rings. The summed E-state index contributed by atoms with van der Waals surface area (Å²) in [7, 11) is 0. The lowest BCUT2D eigenvalue weighted by atomic mass is 10.2. The van der Waals surface area contributed by atoms with Crippen LogP contribution in [0.5, 0.6) is 0 Å². The van der Waals surface area contributed by atoms with Gasteiger partial charge in [0.1, 0.15) is 5.82 Å². The van der Waals surface area contributed by atoms with Crippen molar-refractivity contribution in [1.29, 1.82) is 0 Å². The van der Waals surface area contributed by atoms with Crippen molar-refractivity contribution in [1.82, 2.24) is 9.88 Å². The molecular formula is C15H27ClN4O. The first kappa shape index (κ1) is 18.0. The normalized spacial score (nSPS) is 15.4. The van der Waals surface area contributed by atoms with Crippen LogP contribution in [0.4, 0.5) is 11.5 Å². The van der Waals surface area contributed by atoms with Crippen LogP contribution in [0.3, 0.4) is 0 Å². The average Bonchev–Trinajstić information content (AvgIpc) is 2.49. The smallest absolute Gasteiger partial charge is 0.126 e. The second-order valence-corrected chi connectivity index (χ2v) is 5.27. The fraction of sp³-hybridized carbons (Fsp3) is 0.667. The number of aromatic nitrogens is 1. The Balaban J connectivity index is 0.00000220. The van der Waals surface area contributed by atoms with Crippen LogP contribution in [0.15, 0.2) is 18.3 Å². The van der Waals surface area contributed by atoms with Crippen molar-refractivity contribution in [3.05, 3.63) is 18.3 Å². The highest BCUT2D eigenvalue weighted by atomic mass is 35.5. The van der Waals surface area contributed by atoms with E-state index in [0.717, 1.165) is 38.7 Å². The average molecular weight is 315 g/mol. The Morgan fingerprint density at radius 2 is 1.90 bits per heavy atom. The van der Waals surface area contributed by atoms with Crippen LogP contribution in [0.1, 0.15) is 25.7 Å². The summed E-state index contributed by atoms with van der Waals surface area (Å²) in [5.74, 6) is 0.910. The molecule has 0 saturated carbocycles. The molecule has 1 aliphatic heterocycles. The van der Waals surface area contributed by atoms with E-state index in [-0.39, 0.29) is 12.4 Å². The molecule has 2 rings (SSSR count). The minimum Gasteiger partial charge on any atom is -0.397 e. The molecule has 6 heteroatoms. The van der Waals surface area contributed by atoms with E-state index in [1.165, 1.54) is 32.2 Å². The lowest BCUT2D eigenvalue weighted by Gasteiger charge is -2.26. The van der Waals surface area contributed by atoms with Gasteiger partial charge in [-0.1, -0.05) is 12.8 Å². The number of nitrogens with two attached hydrogens (primary N) is 1. The van der Waals surface area contributed by atoms with Crippen LogP contribution in [0.2, 0.25) is 0 Å². The standard InChI is InChI=1S/C15H26N4O.ClH/c16-14-5-6-15(18-13-14)17-7-3-1-2-4-8-19-9-11-20-12-10-19;/h5-6,13H,1-4,7-12,16H2,(H,17,18);1H. The Kier molecular flexibility index (Phi) is 9.14. The van der Waals surface area contributed by atoms with Crippen LogP contribution in [0, 0.1) is 0 Å². The molecule has 1 aromatic heterocycles. The van der Waals surface area contributed by atoms with Gasteiger partial charge in [-0.25, -0.2) is 4.98 Å². The number of nitrogen functional groups attached to an aromatic ring is 1. The minimum absolute atomic E-state index is 0. The van der Waals surface area contributed by atoms with Gasteiger partial charge in [0.15, 0.2) is 0 Å². The predicted molar refractivity (Wildman–Crippen MR) is 90.1 cm³/mol. The first-order valence-electron chi connectivity index (χ1n) is 7.60. The Labute approximate surface area is 133 Å². The fourth-order valence-corrected chi connectivity index (χ4v) is 2.37. The number of morpholine rings is 1. The number of hydrogen-bond donors (Lipinski definition) is 2. The van der Waals surface area contributed by atoms with E-state index in [1.807, 2.05) is 12.1 Å². The number of pyridine rings is 1. The van der Waals surface area contributed by atoms with E-state index in [2.05, 4.69) is 15.2 Å². The Morgan fingerprint density at radius 1 is 1.14 bits per heavy atom. The SMILES string of the molecule is Cl.Nc1ccc(NCCCCCCN2CCOCC2)nc1. The minimum atomic E-state index is 0. The molecule has 0 bridgehead atoms. The summed E-state index contributed by atoms with van der Waals surface area (Å²) in [5, 5.41) is 3.32. The highest BCUT2D eigenvalue weighted by molar-refractivity contribution is 5.85. The quantitative estimate of drug-likeness (QED) is 0.721. The Hall–Kier alpha value is -1.04. The number of anilines is 2. The molecule has 1 aliphatic rings. The van der Waals surface area contributed by atoms with Gasteiger partial charge in [0.25, 0.3) is 0 Å². The topological polar surface area (TPSA) is 63.4 Å². The first-order chi connectivity index (χ1) is 9.84. The van der Waals surface area contributed by atoms with Crippen LogP contribution in [-0.4, -0.2) is 49.3 Å². The molecule has 0 radical (unpaired) electrons. The summed E-state index contributed by atoms with van der Waals surface area (Å²) < 4.78 is 5.34. The summed E-state index contributed by atoms with van der Waals surface area (Å²) >= 11 is 0. The van der Waals surface area contributed by atoms with Crippen LogP contribution in [-0.2, 0) is 4.74 Å². The third-order valence-electron chi connectivity index (χ3n) is 3.60. The molecule has 1 saturated heterocycles. The van der Waals surface area contributed by atoms with Crippen LogP contribution in [0.25, 0.3) is 0 Å². The maximum absolute atomic E-state index is 5.60. The molecule has 0 atom stereocenters. The third kappa shape index (κ3) is 7.50. The molecule has 21 heavy (non-hydrogen) atoms. The van der Waals surface area contributed by atoms with Crippen molar-refractivity contribution >= 4 is 23.9 Å². The van der Waals surface area contributed by atoms with E-state index in [9.17, 15) is 0 Å². The summed E-state index contributed by atoms with van der Waals surface area (Å²) in [4.78, 5) is 6.72. The molecule has 2 heterocycles. The summed E-state index contributed by atoms with van der Waals surface area (Å²) in [5.41, 5.74) is 6.30. The van der Waals surface area contributed by atoms with Crippen molar-refractivity contribution in [3.63, 3.8) is 0 Å². The number of hydrogen-bond acceptors (Lipinski definition) is 5. The molecule has 120 valence electrons. The van der Waals surface area contributed by atoms with Gasteiger partial charge in [-0.15, -0.1) is 12.4 Å². The summed E-state index contributed by atoms with van der Waals surface area (Å²) in [6.45, 7) is 6.20. The molecular weight excluding hydrogens is 288 g/mol. The van der Waals surface area contributed by atoms with Gasteiger partial charge >= 0.3 is 0 Å². The molecule has 0 spiro atoms. The van der Waals surface area contributed by atoms with E-state index >= 15 is 0 Å². The van der Waals surface area contributed by atoms with Crippen LogP contribution < -0.4 is 11.1 Å². The zero-order chi connectivity index (χ0) is 14.0. The zero-order valence-corrected chi connectivity index (χ0v) is 13.4. The lowest BCUT2D eigenvalue weighted by Crippen LogP contribution is -2.36. The molecule has 0 unspecified atom stereocenters. The fourth-order valence-electron chi connectivity index (χ4n) is 2.37. The van der Waals surface area contributed by atoms with Gasteiger partial charge in [-0.3, -0.25) is 4.90 Å². The zero-order valence-electron chi connectivity index (χ0n) is 12.6. The van der Waals surface area contributed by atoms with E-state index in [1.54, 1.807) is 6.20 Å². The van der Waals surface area contributed by atoms with Crippen LogP contribution >= 0.6 is 12.4 Å². The third-order valence-corrected chi connectivity index (χ3v) is 3.60. The van der Waals surface area contributed by atoms with Crippen molar-refractivity contribution in [2.75, 3.05) is 50.4 Å². The molecule has 0 aliphatic carbocycles. The highest BCUT2D eigenvalue weighted by Gasteiger charge is 2.08. The Bertz CT molecular complexity index is 368. The molecule has 5 nitrogen and oxygen atoms in total. The molecule has 3 N–H and O–H groups in total. The second-order valence-electron chi connectivity index (χ2n) is 5.27. The van der Waals surface area contributed by atoms with Gasteiger partial charge < -0.3 is 15.8 Å². The summed E-state index contributed by atoms with van der Waals surface area (Å²) in [6.07, 6.45) is 6.74. The number of rotatable bonds is 8. The van der Waals surface area contributed by atoms with Crippen molar-refractivity contribution in [3.8, 4) is 0 Å². The number of halogens is 1. The van der Waals surface area contributed by atoms with E-state index in [0.29, 0.717) is 5.69 Å². The second kappa shape index (κ2) is 10.7. The van der Waals surface area contributed by atoms with Gasteiger partial charge in [-0.05, 0) is 31.5 Å². The van der Waals surface area contributed by atoms with Gasteiger partial charge in [0, 0.05) is 19.6 Å². The van der Waals surface area contributed by atoms with E-state index in [4.69, 9.17) is 10.5 Å². The maximum atomic E-state index is 5.60.